The number of aromatic amines is 2. The number of aryl methyl sites for hydroxylation is 3. The third-order valence-electron chi connectivity index (χ3n) is 5.07. The highest BCUT2D eigenvalue weighted by atomic mass is 16.5. The van der Waals surface area contributed by atoms with E-state index in [2.05, 4.69) is 31.2 Å². The minimum Gasteiger partial charge on any atom is -0.361 e. The summed E-state index contributed by atoms with van der Waals surface area (Å²) in [6.45, 7) is 5.75. The molecule has 0 atom stereocenters. The van der Waals surface area contributed by atoms with E-state index in [4.69, 9.17) is 4.52 Å². The fourth-order valence-electron chi connectivity index (χ4n) is 3.87. The molecule has 4 aromatic heterocycles. The molecule has 0 radical (unpaired) electrons. The molecule has 4 heterocycles. The molecule has 0 saturated heterocycles. The summed E-state index contributed by atoms with van der Waals surface area (Å²) < 4.78 is 5.35. The highest BCUT2D eigenvalue weighted by Gasteiger charge is 2.19. The van der Waals surface area contributed by atoms with Crippen LogP contribution < -0.4 is 5.69 Å². The smallest absolute Gasteiger partial charge is 0.323 e. The lowest BCUT2D eigenvalue weighted by Gasteiger charge is -2.12. The highest BCUT2D eigenvalue weighted by molar-refractivity contribution is 6.04. The number of pyridine rings is 2. The standard InChI is InChI=1S/C21H17N5O2/c1-10-19(14-5-4-6-22-17(14)9-23-10)15-7-13(18-11(2)26-28-12(18)3)8-16-20(15)25-21(27)24-16/h4-9H,1-3H3,(H2,24,25,27). The van der Waals surface area contributed by atoms with E-state index in [-0.39, 0.29) is 5.69 Å². The number of benzene rings is 1. The summed E-state index contributed by atoms with van der Waals surface area (Å²) in [5.41, 5.74) is 7.35. The van der Waals surface area contributed by atoms with Crippen LogP contribution >= 0.6 is 0 Å². The summed E-state index contributed by atoms with van der Waals surface area (Å²) in [4.78, 5) is 26.8. The van der Waals surface area contributed by atoms with Crippen LogP contribution in [-0.2, 0) is 0 Å². The summed E-state index contributed by atoms with van der Waals surface area (Å²) >= 11 is 0. The van der Waals surface area contributed by atoms with Gasteiger partial charge in [0, 0.05) is 34.0 Å². The second kappa shape index (κ2) is 5.88. The molecular formula is C21H17N5O2. The molecule has 0 unspecified atom stereocenters. The number of fused-ring (bicyclic) bond motifs is 2. The number of hydrogen-bond donors (Lipinski definition) is 2. The van der Waals surface area contributed by atoms with Crippen molar-refractivity contribution in [2.75, 3.05) is 0 Å². The van der Waals surface area contributed by atoms with Crippen molar-refractivity contribution in [3.63, 3.8) is 0 Å². The molecule has 5 aromatic rings. The van der Waals surface area contributed by atoms with Crippen LogP contribution in [0.3, 0.4) is 0 Å². The van der Waals surface area contributed by atoms with Crippen LogP contribution in [-0.4, -0.2) is 25.1 Å². The second-order valence-electron chi connectivity index (χ2n) is 6.88. The fourth-order valence-corrected chi connectivity index (χ4v) is 3.87. The Morgan fingerprint density at radius 1 is 1.00 bits per heavy atom. The second-order valence-corrected chi connectivity index (χ2v) is 6.88. The third kappa shape index (κ3) is 2.36. The maximum atomic E-state index is 12.1. The molecule has 0 aliphatic rings. The number of imidazole rings is 1. The van der Waals surface area contributed by atoms with Gasteiger partial charge in [-0.2, -0.15) is 0 Å². The van der Waals surface area contributed by atoms with Gasteiger partial charge in [-0.1, -0.05) is 11.2 Å². The normalized spacial score (nSPS) is 11.5. The van der Waals surface area contributed by atoms with Crippen molar-refractivity contribution < 1.29 is 4.52 Å². The first-order valence-electron chi connectivity index (χ1n) is 8.93. The molecule has 0 saturated carbocycles. The van der Waals surface area contributed by atoms with Crippen molar-refractivity contribution in [1.82, 2.24) is 25.1 Å². The van der Waals surface area contributed by atoms with Crippen molar-refractivity contribution in [1.29, 1.82) is 0 Å². The molecule has 2 N–H and O–H groups in total. The Balaban J connectivity index is 1.93. The van der Waals surface area contributed by atoms with Gasteiger partial charge in [-0.3, -0.25) is 9.97 Å². The monoisotopic (exact) mass is 371 g/mol. The molecule has 0 amide bonds. The Morgan fingerprint density at radius 3 is 2.64 bits per heavy atom. The first-order valence-corrected chi connectivity index (χ1v) is 8.93. The van der Waals surface area contributed by atoms with Gasteiger partial charge in [0.25, 0.3) is 0 Å². The van der Waals surface area contributed by atoms with Gasteiger partial charge in [0.2, 0.25) is 0 Å². The lowest BCUT2D eigenvalue weighted by Crippen LogP contribution is -1.99. The van der Waals surface area contributed by atoms with E-state index < -0.39 is 0 Å². The quantitative estimate of drug-likeness (QED) is 0.488. The van der Waals surface area contributed by atoms with E-state index in [1.165, 1.54) is 0 Å². The largest absolute Gasteiger partial charge is 0.361 e. The average molecular weight is 371 g/mol. The zero-order chi connectivity index (χ0) is 19.4. The van der Waals surface area contributed by atoms with Gasteiger partial charge in [-0.15, -0.1) is 0 Å². The summed E-state index contributed by atoms with van der Waals surface area (Å²) in [7, 11) is 0. The zero-order valence-electron chi connectivity index (χ0n) is 15.6. The van der Waals surface area contributed by atoms with E-state index in [0.717, 1.165) is 61.3 Å². The number of rotatable bonds is 2. The SMILES string of the molecule is Cc1noc(C)c1-c1cc(-c2c(C)ncc3ncccc23)c2[nH]c(=O)[nH]c2c1. The molecule has 0 aliphatic carbocycles. The molecule has 0 aliphatic heterocycles. The molecular weight excluding hydrogens is 354 g/mol. The first-order chi connectivity index (χ1) is 13.5. The summed E-state index contributed by atoms with van der Waals surface area (Å²) in [5.74, 6) is 0.732. The van der Waals surface area contributed by atoms with Gasteiger partial charge >= 0.3 is 5.69 Å². The van der Waals surface area contributed by atoms with Crippen LogP contribution in [0, 0.1) is 20.8 Å². The van der Waals surface area contributed by atoms with Crippen LogP contribution in [0.1, 0.15) is 17.1 Å². The molecule has 0 spiro atoms. The molecule has 0 fully saturated rings. The Morgan fingerprint density at radius 2 is 1.86 bits per heavy atom. The maximum absolute atomic E-state index is 12.1. The maximum Gasteiger partial charge on any atom is 0.323 e. The number of aromatic nitrogens is 5. The number of nitrogens with zero attached hydrogens (tertiary/aromatic N) is 3. The lowest BCUT2D eigenvalue weighted by atomic mass is 9.94. The van der Waals surface area contributed by atoms with E-state index in [9.17, 15) is 4.79 Å². The molecule has 138 valence electrons. The topological polar surface area (TPSA) is 100 Å². The van der Waals surface area contributed by atoms with Gasteiger partial charge in [-0.25, -0.2) is 4.79 Å². The lowest BCUT2D eigenvalue weighted by molar-refractivity contribution is 0.393. The highest BCUT2D eigenvalue weighted by Crippen LogP contribution is 2.38. The Bertz CT molecular complexity index is 1400. The van der Waals surface area contributed by atoms with E-state index in [0.29, 0.717) is 0 Å². The molecule has 1 aromatic carbocycles. The van der Waals surface area contributed by atoms with Gasteiger partial charge in [0.1, 0.15) is 5.76 Å². The van der Waals surface area contributed by atoms with Crippen molar-refractivity contribution in [3.05, 3.63) is 64.3 Å². The van der Waals surface area contributed by atoms with Crippen molar-refractivity contribution in [2.24, 2.45) is 0 Å². The van der Waals surface area contributed by atoms with Crippen LogP contribution in [0.15, 0.2) is 46.0 Å². The summed E-state index contributed by atoms with van der Waals surface area (Å²) in [6, 6.07) is 7.91. The first kappa shape index (κ1) is 16.4. The zero-order valence-corrected chi connectivity index (χ0v) is 15.6. The van der Waals surface area contributed by atoms with Crippen molar-refractivity contribution in [3.8, 4) is 22.3 Å². The van der Waals surface area contributed by atoms with E-state index >= 15 is 0 Å². The van der Waals surface area contributed by atoms with Gasteiger partial charge < -0.3 is 14.5 Å². The Labute approximate surface area is 159 Å². The predicted octanol–water partition coefficient (Wildman–Crippen LogP) is 4.05. The summed E-state index contributed by atoms with van der Waals surface area (Å²) in [6.07, 6.45) is 3.51. The van der Waals surface area contributed by atoms with E-state index in [1.807, 2.05) is 39.0 Å². The molecule has 7 heteroatoms. The van der Waals surface area contributed by atoms with Crippen LogP contribution in [0.5, 0.6) is 0 Å². The van der Waals surface area contributed by atoms with Crippen LogP contribution in [0.4, 0.5) is 0 Å². The average Bonchev–Trinajstić information content (AvgIpc) is 3.22. The van der Waals surface area contributed by atoms with E-state index in [1.54, 1.807) is 12.4 Å². The molecule has 0 bridgehead atoms. The minimum absolute atomic E-state index is 0.254. The van der Waals surface area contributed by atoms with Gasteiger partial charge in [0.15, 0.2) is 0 Å². The summed E-state index contributed by atoms with van der Waals surface area (Å²) in [5, 5.41) is 5.05. The third-order valence-corrected chi connectivity index (χ3v) is 5.07. The van der Waals surface area contributed by atoms with Gasteiger partial charge in [-0.05, 0) is 44.5 Å². The number of nitrogens with one attached hydrogen (secondary N) is 2. The van der Waals surface area contributed by atoms with Crippen LogP contribution in [0.2, 0.25) is 0 Å². The molecule has 28 heavy (non-hydrogen) atoms. The Kier molecular flexibility index (Phi) is 3.45. The number of hydrogen-bond acceptors (Lipinski definition) is 5. The van der Waals surface area contributed by atoms with Gasteiger partial charge in [0.05, 0.1) is 28.4 Å². The predicted molar refractivity (Wildman–Crippen MR) is 107 cm³/mol. The molecule has 7 nitrogen and oxygen atoms in total. The number of H-pyrrole nitrogens is 2. The Hall–Kier alpha value is -3.74. The minimum atomic E-state index is -0.254. The van der Waals surface area contributed by atoms with Crippen LogP contribution in [0.25, 0.3) is 44.2 Å². The fraction of sp³-hybridized carbons (Fsp3) is 0.143. The van der Waals surface area contributed by atoms with Crippen molar-refractivity contribution in [2.45, 2.75) is 20.8 Å². The molecule has 5 rings (SSSR count). The van der Waals surface area contributed by atoms with Crippen molar-refractivity contribution >= 4 is 21.9 Å².